The molecule has 0 spiro atoms. The molecule has 0 radical (unpaired) electrons. The third-order valence-corrected chi connectivity index (χ3v) is 7.21. The molecule has 5 rings (SSSR count). The maximum Gasteiger partial charge on any atom is 0.131 e. The number of hydrogen-bond donors (Lipinski definition) is 2. The van der Waals surface area contributed by atoms with Crippen molar-refractivity contribution in [2.75, 3.05) is 46.3 Å². The van der Waals surface area contributed by atoms with Gasteiger partial charge < -0.3 is 16.0 Å². The number of halogens is 2. The smallest absolute Gasteiger partial charge is 0.131 e. The van der Waals surface area contributed by atoms with Crippen LogP contribution >= 0.6 is 0 Å². The van der Waals surface area contributed by atoms with Gasteiger partial charge in [-0.15, -0.1) is 0 Å². The molecule has 2 aromatic carbocycles. The third kappa shape index (κ3) is 5.84. The first kappa shape index (κ1) is 25.4. The standard InChI is InChI=1S/C28H33F2N7/c1-36-9-11-37(12-10-36)18-23-24(29)13-19(14-25(23)30)22-3-2-4-26-28(22)35-27(17-34-26)20(15-31)16-33-21-5-7-32-8-6-21/h2-4,13-17,21,32H,5-12,18,31H2,1H3. The molecule has 2 aliphatic heterocycles. The lowest BCUT2D eigenvalue weighted by molar-refractivity contribution is 0.145. The van der Waals surface area contributed by atoms with Gasteiger partial charge in [0.2, 0.25) is 0 Å². The third-order valence-electron chi connectivity index (χ3n) is 7.21. The summed E-state index contributed by atoms with van der Waals surface area (Å²) in [5, 5.41) is 3.33. The number of fused-ring (bicyclic) bond motifs is 1. The lowest BCUT2D eigenvalue weighted by Crippen LogP contribution is -2.44. The number of allylic oxidation sites excluding steroid dienone is 1. The van der Waals surface area contributed by atoms with E-state index in [9.17, 15) is 0 Å². The molecular formula is C28H33F2N7. The first-order valence-corrected chi connectivity index (χ1v) is 12.8. The number of piperidine rings is 1. The molecular weight excluding hydrogens is 472 g/mol. The number of rotatable bonds is 6. The van der Waals surface area contributed by atoms with Gasteiger partial charge in [-0.05, 0) is 56.7 Å². The van der Waals surface area contributed by atoms with Crippen molar-refractivity contribution in [1.82, 2.24) is 25.1 Å². The minimum atomic E-state index is -0.549. The number of para-hydroxylation sites is 1. The van der Waals surface area contributed by atoms with Gasteiger partial charge in [0.1, 0.15) is 11.6 Å². The molecule has 7 nitrogen and oxygen atoms in total. The average molecular weight is 506 g/mol. The molecule has 194 valence electrons. The number of aliphatic imine (C=N–C) groups is 1. The Kier molecular flexibility index (Phi) is 7.83. The number of benzene rings is 2. The van der Waals surface area contributed by atoms with Gasteiger partial charge in [-0.25, -0.2) is 13.8 Å². The highest BCUT2D eigenvalue weighted by Gasteiger charge is 2.20. The topological polar surface area (TPSA) is 82.7 Å². The second-order valence-electron chi connectivity index (χ2n) is 9.81. The highest BCUT2D eigenvalue weighted by molar-refractivity contribution is 6.09. The van der Waals surface area contributed by atoms with E-state index in [2.05, 4.69) is 32.1 Å². The van der Waals surface area contributed by atoms with Crippen molar-refractivity contribution in [3.63, 3.8) is 0 Å². The van der Waals surface area contributed by atoms with Crippen LogP contribution in [0, 0.1) is 11.6 Å². The first-order valence-electron chi connectivity index (χ1n) is 12.8. The zero-order chi connectivity index (χ0) is 25.8. The molecule has 0 aliphatic carbocycles. The Morgan fingerprint density at radius 2 is 1.86 bits per heavy atom. The van der Waals surface area contributed by atoms with Gasteiger partial charge in [0.05, 0.1) is 29.0 Å². The van der Waals surface area contributed by atoms with E-state index < -0.39 is 11.6 Å². The monoisotopic (exact) mass is 505 g/mol. The SMILES string of the molecule is CN1CCN(Cc2c(F)cc(-c3cccc4ncc(C(C=NC5CCNCC5)=CN)nc34)cc2F)CC1. The van der Waals surface area contributed by atoms with E-state index in [4.69, 9.17) is 10.7 Å². The Labute approximate surface area is 216 Å². The molecule has 0 bridgehead atoms. The molecule has 1 aromatic heterocycles. The fraction of sp³-hybridized carbons (Fsp3) is 0.393. The zero-order valence-electron chi connectivity index (χ0n) is 21.1. The Morgan fingerprint density at radius 3 is 2.57 bits per heavy atom. The van der Waals surface area contributed by atoms with Gasteiger partial charge in [0.15, 0.2) is 0 Å². The van der Waals surface area contributed by atoms with Gasteiger partial charge in [-0.3, -0.25) is 14.9 Å². The van der Waals surface area contributed by atoms with Crippen LogP contribution in [0.15, 0.2) is 47.7 Å². The van der Waals surface area contributed by atoms with Crippen LogP contribution in [0.2, 0.25) is 0 Å². The molecule has 3 aromatic rings. The fourth-order valence-electron chi connectivity index (χ4n) is 4.88. The summed E-state index contributed by atoms with van der Waals surface area (Å²) < 4.78 is 30.4. The van der Waals surface area contributed by atoms with Crippen molar-refractivity contribution < 1.29 is 8.78 Å². The van der Waals surface area contributed by atoms with Crippen molar-refractivity contribution in [2.45, 2.75) is 25.4 Å². The number of aromatic nitrogens is 2. The van der Waals surface area contributed by atoms with E-state index in [-0.39, 0.29) is 18.2 Å². The summed E-state index contributed by atoms with van der Waals surface area (Å²) in [6.45, 7) is 5.51. The predicted molar refractivity (Wildman–Crippen MR) is 144 cm³/mol. The van der Waals surface area contributed by atoms with Gasteiger partial charge in [-0.1, -0.05) is 12.1 Å². The molecule has 2 fully saturated rings. The van der Waals surface area contributed by atoms with Gasteiger partial charge in [0.25, 0.3) is 0 Å². The van der Waals surface area contributed by atoms with Crippen molar-refractivity contribution >= 4 is 22.8 Å². The largest absolute Gasteiger partial charge is 0.404 e. The molecule has 3 N–H and O–H groups in total. The highest BCUT2D eigenvalue weighted by Crippen LogP contribution is 2.30. The Morgan fingerprint density at radius 1 is 1.14 bits per heavy atom. The molecule has 2 aliphatic rings. The van der Waals surface area contributed by atoms with E-state index >= 15 is 8.78 Å². The van der Waals surface area contributed by atoms with Crippen LogP contribution in [0.25, 0.3) is 27.7 Å². The van der Waals surface area contributed by atoms with Crippen LogP contribution in [0.5, 0.6) is 0 Å². The predicted octanol–water partition coefficient (Wildman–Crippen LogP) is 3.44. The van der Waals surface area contributed by atoms with Crippen molar-refractivity contribution in [2.24, 2.45) is 10.7 Å². The van der Waals surface area contributed by atoms with Crippen LogP contribution in [0.1, 0.15) is 24.1 Å². The average Bonchev–Trinajstić information content (AvgIpc) is 2.92. The summed E-state index contributed by atoms with van der Waals surface area (Å²) in [5.41, 5.74) is 9.46. The quantitative estimate of drug-likeness (QED) is 0.500. The zero-order valence-corrected chi connectivity index (χ0v) is 21.1. The van der Waals surface area contributed by atoms with Crippen molar-refractivity contribution in [1.29, 1.82) is 0 Å². The fourth-order valence-corrected chi connectivity index (χ4v) is 4.88. The number of hydrogen-bond acceptors (Lipinski definition) is 7. The number of piperazine rings is 1. The van der Waals surface area contributed by atoms with Crippen molar-refractivity contribution in [3.05, 3.63) is 65.6 Å². The summed E-state index contributed by atoms with van der Waals surface area (Å²) >= 11 is 0. The molecule has 37 heavy (non-hydrogen) atoms. The Bertz CT molecular complexity index is 1290. The highest BCUT2D eigenvalue weighted by atomic mass is 19.1. The lowest BCUT2D eigenvalue weighted by atomic mass is 10.0. The van der Waals surface area contributed by atoms with E-state index in [0.717, 1.165) is 52.1 Å². The van der Waals surface area contributed by atoms with E-state index in [1.54, 1.807) is 12.4 Å². The normalized spacial score (nSPS) is 18.7. The van der Waals surface area contributed by atoms with E-state index in [1.165, 1.54) is 18.3 Å². The van der Waals surface area contributed by atoms with Gasteiger partial charge in [0, 0.05) is 61.8 Å². The molecule has 3 heterocycles. The maximum absolute atomic E-state index is 15.2. The van der Waals surface area contributed by atoms with Crippen LogP contribution < -0.4 is 11.1 Å². The summed E-state index contributed by atoms with van der Waals surface area (Å²) in [5.74, 6) is -1.10. The molecule has 9 heteroatoms. The molecule has 0 amide bonds. The van der Waals surface area contributed by atoms with Crippen molar-refractivity contribution in [3.8, 4) is 11.1 Å². The summed E-state index contributed by atoms with van der Waals surface area (Å²) in [7, 11) is 2.05. The Hall–Kier alpha value is -3.27. The van der Waals surface area contributed by atoms with Crippen LogP contribution in [0.3, 0.4) is 0 Å². The second kappa shape index (κ2) is 11.4. The van der Waals surface area contributed by atoms with E-state index in [1.807, 2.05) is 18.2 Å². The molecule has 0 atom stereocenters. The Balaban J connectivity index is 1.44. The number of nitrogens with one attached hydrogen (secondary N) is 1. The minimum Gasteiger partial charge on any atom is -0.404 e. The van der Waals surface area contributed by atoms with Crippen LogP contribution in [0.4, 0.5) is 8.78 Å². The maximum atomic E-state index is 15.2. The molecule has 0 saturated carbocycles. The summed E-state index contributed by atoms with van der Waals surface area (Å²) in [6, 6.07) is 8.50. The number of nitrogens with two attached hydrogens (primary N) is 1. The summed E-state index contributed by atoms with van der Waals surface area (Å²) in [6.07, 6.45) is 6.82. The number of nitrogens with zero attached hydrogens (tertiary/aromatic N) is 5. The minimum absolute atomic E-state index is 0.0998. The van der Waals surface area contributed by atoms with E-state index in [0.29, 0.717) is 33.4 Å². The van der Waals surface area contributed by atoms with Crippen LogP contribution in [-0.4, -0.2) is 78.3 Å². The molecule has 0 unspecified atom stereocenters. The molecule has 2 saturated heterocycles. The number of likely N-dealkylation sites (N-methyl/N-ethyl adjacent to an activating group) is 1. The lowest BCUT2D eigenvalue weighted by Gasteiger charge is -2.32. The first-order chi connectivity index (χ1) is 18.0. The summed E-state index contributed by atoms with van der Waals surface area (Å²) in [4.78, 5) is 18.3. The van der Waals surface area contributed by atoms with Gasteiger partial charge >= 0.3 is 0 Å². The van der Waals surface area contributed by atoms with Crippen LogP contribution in [-0.2, 0) is 6.54 Å². The second-order valence-corrected chi connectivity index (χ2v) is 9.81. The van der Waals surface area contributed by atoms with Gasteiger partial charge in [-0.2, -0.15) is 0 Å².